The van der Waals surface area contributed by atoms with E-state index in [4.69, 9.17) is 0 Å². The Kier molecular flexibility index (Phi) is 5.46. The number of amides is 1. The van der Waals surface area contributed by atoms with E-state index < -0.39 is 0 Å². The molecule has 4 heteroatoms. The topological polar surface area (TPSA) is 51.1 Å². The SMILES string of the molecule is CCCC(=O)c1ccn(CCCC(=O)NC)c1. The Bertz CT molecular complexity index is 383. The summed E-state index contributed by atoms with van der Waals surface area (Å²) in [6.07, 6.45) is 6.54. The number of nitrogens with zero attached hydrogens (tertiary/aromatic N) is 1. The van der Waals surface area contributed by atoms with Gasteiger partial charge in [0.25, 0.3) is 0 Å². The first-order valence-corrected chi connectivity index (χ1v) is 6.07. The molecule has 1 rings (SSSR count). The standard InChI is InChI=1S/C13H20N2O2/c1-3-5-12(16)11-7-9-15(10-11)8-4-6-13(17)14-2/h7,9-10H,3-6,8H2,1-2H3,(H,14,17). The maximum Gasteiger partial charge on any atom is 0.219 e. The molecule has 0 bridgehead atoms. The summed E-state index contributed by atoms with van der Waals surface area (Å²) in [5.74, 6) is 0.247. The highest BCUT2D eigenvalue weighted by molar-refractivity contribution is 5.95. The number of rotatable bonds is 7. The van der Waals surface area contributed by atoms with Crippen LogP contribution in [-0.2, 0) is 11.3 Å². The van der Waals surface area contributed by atoms with Gasteiger partial charge in [0.2, 0.25) is 5.91 Å². The molecule has 0 fully saturated rings. The summed E-state index contributed by atoms with van der Waals surface area (Å²) in [4.78, 5) is 22.6. The fourth-order valence-corrected chi connectivity index (χ4v) is 1.66. The van der Waals surface area contributed by atoms with Crippen LogP contribution in [0.5, 0.6) is 0 Å². The minimum absolute atomic E-state index is 0.0550. The Morgan fingerprint density at radius 3 is 2.76 bits per heavy atom. The third-order valence-electron chi connectivity index (χ3n) is 2.65. The van der Waals surface area contributed by atoms with Gasteiger partial charge >= 0.3 is 0 Å². The Morgan fingerprint density at radius 2 is 2.12 bits per heavy atom. The van der Waals surface area contributed by atoms with Gasteiger partial charge in [-0.3, -0.25) is 9.59 Å². The largest absolute Gasteiger partial charge is 0.359 e. The van der Waals surface area contributed by atoms with Gasteiger partial charge in [0.1, 0.15) is 0 Å². The molecule has 1 amide bonds. The number of hydrogen-bond donors (Lipinski definition) is 1. The van der Waals surface area contributed by atoms with Gasteiger partial charge in [0.15, 0.2) is 5.78 Å². The smallest absolute Gasteiger partial charge is 0.219 e. The van der Waals surface area contributed by atoms with Crippen molar-refractivity contribution in [1.29, 1.82) is 0 Å². The van der Waals surface area contributed by atoms with Crippen molar-refractivity contribution in [1.82, 2.24) is 9.88 Å². The van der Waals surface area contributed by atoms with Crippen LogP contribution in [0.2, 0.25) is 0 Å². The third kappa shape index (κ3) is 4.43. The first-order chi connectivity index (χ1) is 8.17. The summed E-state index contributed by atoms with van der Waals surface area (Å²) in [6, 6.07) is 1.85. The molecule has 94 valence electrons. The van der Waals surface area contributed by atoms with E-state index in [9.17, 15) is 9.59 Å². The second-order valence-electron chi connectivity index (χ2n) is 4.09. The van der Waals surface area contributed by atoms with Crippen LogP contribution in [0.3, 0.4) is 0 Å². The Labute approximate surface area is 102 Å². The predicted octanol–water partition coefficient (Wildman–Crippen LogP) is 2.00. The molecule has 17 heavy (non-hydrogen) atoms. The number of hydrogen-bond acceptors (Lipinski definition) is 2. The Morgan fingerprint density at radius 1 is 1.35 bits per heavy atom. The highest BCUT2D eigenvalue weighted by Crippen LogP contribution is 2.07. The molecule has 1 aromatic heterocycles. The summed E-state index contributed by atoms with van der Waals surface area (Å²) in [5.41, 5.74) is 0.770. The summed E-state index contributed by atoms with van der Waals surface area (Å²) < 4.78 is 1.96. The lowest BCUT2D eigenvalue weighted by Gasteiger charge is -2.02. The first-order valence-electron chi connectivity index (χ1n) is 6.07. The van der Waals surface area contributed by atoms with E-state index >= 15 is 0 Å². The number of carbonyl (C=O) groups excluding carboxylic acids is 2. The second kappa shape index (κ2) is 6.89. The van der Waals surface area contributed by atoms with Crippen molar-refractivity contribution in [3.05, 3.63) is 24.0 Å². The molecule has 0 saturated heterocycles. The van der Waals surface area contributed by atoms with Crippen LogP contribution in [0, 0.1) is 0 Å². The van der Waals surface area contributed by atoms with Gasteiger partial charge in [0.05, 0.1) is 0 Å². The molecule has 1 aromatic rings. The van der Waals surface area contributed by atoms with Crippen molar-refractivity contribution in [2.45, 2.75) is 39.2 Å². The van der Waals surface area contributed by atoms with Gasteiger partial charge in [-0.05, 0) is 18.9 Å². The second-order valence-corrected chi connectivity index (χ2v) is 4.09. The van der Waals surface area contributed by atoms with Gasteiger partial charge in [-0.2, -0.15) is 0 Å². The number of aromatic nitrogens is 1. The first kappa shape index (κ1) is 13.5. The fraction of sp³-hybridized carbons (Fsp3) is 0.538. The van der Waals surface area contributed by atoms with Crippen LogP contribution in [-0.4, -0.2) is 23.3 Å². The highest BCUT2D eigenvalue weighted by Gasteiger charge is 2.06. The van der Waals surface area contributed by atoms with Crippen LogP contribution < -0.4 is 5.32 Å². The summed E-state index contributed by atoms with van der Waals surface area (Å²) in [6.45, 7) is 2.77. The molecular formula is C13H20N2O2. The third-order valence-corrected chi connectivity index (χ3v) is 2.65. The average Bonchev–Trinajstić information content (AvgIpc) is 2.78. The molecule has 4 nitrogen and oxygen atoms in total. The summed E-state index contributed by atoms with van der Waals surface area (Å²) in [5, 5.41) is 2.59. The van der Waals surface area contributed by atoms with E-state index in [0.29, 0.717) is 12.8 Å². The normalized spacial score (nSPS) is 10.2. The van der Waals surface area contributed by atoms with E-state index in [0.717, 1.165) is 24.9 Å². The molecule has 0 atom stereocenters. The van der Waals surface area contributed by atoms with E-state index in [1.54, 1.807) is 7.05 Å². The summed E-state index contributed by atoms with van der Waals surface area (Å²) >= 11 is 0. The fourth-order valence-electron chi connectivity index (χ4n) is 1.66. The van der Waals surface area contributed by atoms with Crippen LogP contribution >= 0.6 is 0 Å². The number of nitrogens with one attached hydrogen (secondary N) is 1. The molecule has 0 radical (unpaired) electrons. The van der Waals surface area contributed by atoms with Gasteiger partial charge in [0, 0.05) is 44.4 Å². The van der Waals surface area contributed by atoms with Crippen molar-refractivity contribution in [3.8, 4) is 0 Å². The molecule has 0 saturated carbocycles. The Balaban J connectivity index is 2.40. The highest BCUT2D eigenvalue weighted by atomic mass is 16.1. The van der Waals surface area contributed by atoms with E-state index in [1.807, 2.05) is 30.0 Å². The average molecular weight is 236 g/mol. The lowest BCUT2D eigenvalue weighted by atomic mass is 10.1. The molecule has 0 aliphatic heterocycles. The minimum Gasteiger partial charge on any atom is -0.359 e. The molecule has 1 N–H and O–H groups in total. The number of carbonyl (C=O) groups is 2. The molecular weight excluding hydrogens is 216 g/mol. The maximum atomic E-state index is 11.6. The van der Waals surface area contributed by atoms with Crippen molar-refractivity contribution >= 4 is 11.7 Å². The van der Waals surface area contributed by atoms with Crippen LogP contribution in [0.15, 0.2) is 18.5 Å². The maximum absolute atomic E-state index is 11.6. The van der Waals surface area contributed by atoms with Crippen molar-refractivity contribution in [2.24, 2.45) is 0 Å². The number of Topliss-reactive ketones (excluding diaryl/α,β-unsaturated/α-hetero) is 1. The molecule has 0 aliphatic carbocycles. The zero-order valence-corrected chi connectivity index (χ0v) is 10.5. The monoisotopic (exact) mass is 236 g/mol. The number of aryl methyl sites for hydroxylation is 1. The lowest BCUT2D eigenvalue weighted by molar-refractivity contribution is -0.120. The summed E-state index contributed by atoms with van der Waals surface area (Å²) in [7, 11) is 1.64. The lowest BCUT2D eigenvalue weighted by Crippen LogP contribution is -2.17. The molecule has 0 aliphatic rings. The van der Waals surface area contributed by atoms with Crippen molar-refractivity contribution in [3.63, 3.8) is 0 Å². The number of ketones is 1. The molecule has 0 spiro atoms. The molecule has 0 aromatic carbocycles. The van der Waals surface area contributed by atoms with Gasteiger partial charge in [-0.25, -0.2) is 0 Å². The zero-order valence-electron chi connectivity index (χ0n) is 10.5. The van der Waals surface area contributed by atoms with E-state index in [1.165, 1.54) is 0 Å². The van der Waals surface area contributed by atoms with Crippen LogP contribution in [0.25, 0.3) is 0 Å². The van der Waals surface area contributed by atoms with Gasteiger partial charge in [-0.1, -0.05) is 6.92 Å². The van der Waals surface area contributed by atoms with Crippen molar-refractivity contribution in [2.75, 3.05) is 7.05 Å². The van der Waals surface area contributed by atoms with Gasteiger partial charge < -0.3 is 9.88 Å². The Hall–Kier alpha value is -1.58. The van der Waals surface area contributed by atoms with E-state index in [2.05, 4.69) is 5.32 Å². The minimum atomic E-state index is 0.0550. The van der Waals surface area contributed by atoms with Crippen molar-refractivity contribution < 1.29 is 9.59 Å². The van der Waals surface area contributed by atoms with E-state index in [-0.39, 0.29) is 11.7 Å². The predicted molar refractivity (Wildman–Crippen MR) is 67.0 cm³/mol. The van der Waals surface area contributed by atoms with Crippen LogP contribution in [0.1, 0.15) is 43.0 Å². The zero-order chi connectivity index (χ0) is 12.7. The molecule has 0 unspecified atom stereocenters. The molecule has 1 heterocycles. The van der Waals surface area contributed by atoms with Crippen LogP contribution in [0.4, 0.5) is 0 Å². The van der Waals surface area contributed by atoms with Gasteiger partial charge in [-0.15, -0.1) is 0 Å². The quantitative estimate of drug-likeness (QED) is 0.736.